The number of likely N-dealkylation sites (tertiary alicyclic amines) is 1. The minimum absolute atomic E-state index is 0.0261. The van der Waals surface area contributed by atoms with Gasteiger partial charge in [-0.3, -0.25) is 14.5 Å². The quantitative estimate of drug-likeness (QED) is 0.722. The highest BCUT2D eigenvalue weighted by Gasteiger charge is 2.38. The predicted molar refractivity (Wildman–Crippen MR) is 129 cm³/mol. The first kappa shape index (κ1) is 21.7. The molecule has 1 aromatic carbocycles. The predicted octanol–water partition coefficient (Wildman–Crippen LogP) is 3.89. The summed E-state index contributed by atoms with van der Waals surface area (Å²) in [5.74, 6) is 3.13. The van der Waals surface area contributed by atoms with Gasteiger partial charge in [0, 0.05) is 29.9 Å². The van der Waals surface area contributed by atoms with Gasteiger partial charge in [0.2, 0.25) is 5.91 Å². The normalized spacial score (nSPS) is 24.2. The van der Waals surface area contributed by atoms with E-state index in [0.717, 1.165) is 74.1 Å². The average Bonchev–Trinajstić information content (AvgIpc) is 3.15. The van der Waals surface area contributed by atoms with E-state index in [1.165, 1.54) is 11.1 Å². The van der Waals surface area contributed by atoms with Gasteiger partial charge in [0.05, 0.1) is 0 Å². The zero-order valence-corrected chi connectivity index (χ0v) is 19.1. The van der Waals surface area contributed by atoms with E-state index in [1.54, 1.807) is 4.90 Å². The highest BCUT2D eigenvalue weighted by molar-refractivity contribution is 6.01. The number of carbonyl (C=O) groups is 2. The van der Waals surface area contributed by atoms with Crippen molar-refractivity contribution >= 4 is 11.8 Å². The second-order valence-electron chi connectivity index (χ2n) is 9.71. The number of hydrogen-bond acceptors (Lipinski definition) is 3. The number of benzene rings is 1. The Morgan fingerprint density at radius 1 is 1.09 bits per heavy atom. The fraction of sp³-hybridized carbons (Fsp3) is 0.429. The Labute approximate surface area is 196 Å². The van der Waals surface area contributed by atoms with E-state index in [9.17, 15) is 9.59 Å². The van der Waals surface area contributed by atoms with Crippen LogP contribution in [0.15, 0.2) is 53.8 Å². The molecule has 0 saturated carbocycles. The maximum Gasteiger partial charge on any atom is 0.255 e. The Kier molecular flexibility index (Phi) is 5.95. The molecule has 3 aliphatic heterocycles. The first-order valence-corrected chi connectivity index (χ1v) is 12.0. The lowest BCUT2D eigenvalue weighted by Crippen LogP contribution is -2.49. The molecule has 2 amide bonds. The molecule has 4 aliphatic rings. The molecule has 0 aromatic heterocycles. The Hall–Kier alpha value is -3.10. The van der Waals surface area contributed by atoms with Crippen molar-refractivity contribution in [2.75, 3.05) is 19.6 Å². The van der Waals surface area contributed by atoms with Gasteiger partial charge in [-0.05, 0) is 74.7 Å². The molecule has 1 aromatic rings. The second-order valence-corrected chi connectivity index (χ2v) is 9.71. The van der Waals surface area contributed by atoms with Gasteiger partial charge in [0.15, 0.2) is 0 Å². The lowest BCUT2D eigenvalue weighted by molar-refractivity contribution is -0.126. The van der Waals surface area contributed by atoms with Gasteiger partial charge < -0.3 is 10.2 Å². The fourth-order valence-corrected chi connectivity index (χ4v) is 5.57. The molecule has 33 heavy (non-hydrogen) atoms. The Bertz CT molecular complexity index is 1100. The maximum absolute atomic E-state index is 13.0. The molecule has 170 valence electrons. The monoisotopic (exact) mass is 441 g/mol. The number of allylic oxidation sites excluding steroid dienone is 4. The summed E-state index contributed by atoms with van der Waals surface area (Å²) < 4.78 is 0. The second kappa shape index (κ2) is 9.03. The molecule has 5 rings (SSSR count). The van der Waals surface area contributed by atoms with Crippen LogP contribution in [-0.4, -0.2) is 47.3 Å². The number of nitrogens with one attached hydrogen (secondary N) is 1. The zero-order valence-electron chi connectivity index (χ0n) is 19.1. The van der Waals surface area contributed by atoms with Crippen LogP contribution in [0.3, 0.4) is 0 Å². The van der Waals surface area contributed by atoms with Crippen molar-refractivity contribution in [3.8, 4) is 12.3 Å². The van der Waals surface area contributed by atoms with Gasteiger partial charge in [-0.1, -0.05) is 42.4 Å². The van der Waals surface area contributed by atoms with E-state index in [1.807, 2.05) is 6.07 Å². The van der Waals surface area contributed by atoms with Crippen LogP contribution < -0.4 is 5.32 Å². The summed E-state index contributed by atoms with van der Waals surface area (Å²) in [4.78, 5) is 29.7. The van der Waals surface area contributed by atoms with Crippen LogP contribution in [0.25, 0.3) is 0 Å². The summed E-state index contributed by atoms with van der Waals surface area (Å²) in [5, 5.41) is 2.81. The van der Waals surface area contributed by atoms with Crippen molar-refractivity contribution in [2.24, 2.45) is 0 Å². The molecule has 0 bridgehead atoms. The first-order chi connectivity index (χ1) is 16.0. The third-order valence-electron chi connectivity index (χ3n) is 7.57. The summed E-state index contributed by atoms with van der Waals surface area (Å²) in [6.07, 6.45) is 15.5. The smallest absolute Gasteiger partial charge is 0.255 e. The SMILES string of the molecule is C#CC1=CC=C(CN2CCC(c3ccc4c(c3)CN(C3CCC(=C)NC3=O)C4=O)CC2)CC1. The average molecular weight is 442 g/mol. The Morgan fingerprint density at radius 2 is 1.91 bits per heavy atom. The summed E-state index contributed by atoms with van der Waals surface area (Å²) in [7, 11) is 0. The number of amides is 2. The molecule has 2 saturated heterocycles. The molecule has 5 nitrogen and oxygen atoms in total. The summed E-state index contributed by atoms with van der Waals surface area (Å²) in [6.45, 7) is 7.56. The number of nitrogens with zero attached hydrogens (tertiary/aromatic N) is 2. The molecule has 1 atom stereocenters. The Morgan fingerprint density at radius 3 is 2.61 bits per heavy atom. The van der Waals surface area contributed by atoms with Crippen LogP contribution in [0.2, 0.25) is 0 Å². The molecule has 2 fully saturated rings. The summed E-state index contributed by atoms with van der Waals surface area (Å²) >= 11 is 0. The lowest BCUT2D eigenvalue weighted by atomic mass is 9.87. The molecular formula is C28H31N3O2. The van der Waals surface area contributed by atoms with Crippen LogP contribution in [0.4, 0.5) is 0 Å². The molecule has 1 unspecified atom stereocenters. The molecule has 1 aliphatic carbocycles. The van der Waals surface area contributed by atoms with Crippen molar-refractivity contribution in [3.63, 3.8) is 0 Å². The van der Waals surface area contributed by atoms with Crippen LogP contribution in [0.1, 0.15) is 65.9 Å². The highest BCUT2D eigenvalue weighted by atomic mass is 16.2. The molecule has 3 heterocycles. The third-order valence-corrected chi connectivity index (χ3v) is 7.57. The number of hydrogen-bond donors (Lipinski definition) is 1. The van der Waals surface area contributed by atoms with Gasteiger partial charge >= 0.3 is 0 Å². The topological polar surface area (TPSA) is 52.6 Å². The van der Waals surface area contributed by atoms with Gasteiger partial charge in [0.25, 0.3) is 5.91 Å². The molecular weight excluding hydrogens is 410 g/mol. The Balaban J connectivity index is 1.20. The zero-order chi connectivity index (χ0) is 22.9. The molecule has 5 heteroatoms. The van der Waals surface area contributed by atoms with Gasteiger partial charge in [-0.15, -0.1) is 6.42 Å². The van der Waals surface area contributed by atoms with Crippen LogP contribution >= 0.6 is 0 Å². The van der Waals surface area contributed by atoms with Crippen molar-refractivity contribution in [1.82, 2.24) is 15.1 Å². The number of rotatable bonds is 4. The van der Waals surface area contributed by atoms with Gasteiger partial charge in [-0.2, -0.15) is 0 Å². The fourth-order valence-electron chi connectivity index (χ4n) is 5.57. The number of fused-ring (bicyclic) bond motifs is 1. The summed E-state index contributed by atoms with van der Waals surface area (Å²) in [5.41, 5.74) is 6.43. The van der Waals surface area contributed by atoms with Crippen molar-refractivity contribution in [3.05, 3.63) is 70.5 Å². The maximum atomic E-state index is 13.0. The van der Waals surface area contributed by atoms with Crippen LogP contribution in [0.5, 0.6) is 0 Å². The van der Waals surface area contributed by atoms with E-state index < -0.39 is 6.04 Å². The van der Waals surface area contributed by atoms with Gasteiger partial charge in [-0.25, -0.2) is 0 Å². The van der Waals surface area contributed by atoms with E-state index in [2.05, 4.69) is 47.0 Å². The van der Waals surface area contributed by atoms with E-state index in [-0.39, 0.29) is 11.8 Å². The number of piperidine rings is 2. The van der Waals surface area contributed by atoms with E-state index in [0.29, 0.717) is 18.9 Å². The number of terminal acetylenes is 1. The first-order valence-electron chi connectivity index (χ1n) is 12.0. The van der Waals surface area contributed by atoms with Crippen LogP contribution in [0, 0.1) is 12.3 Å². The minimum atomic E-state index is -0.400. The van der Waals surface area contributed by atoms with Crippen molar-refractivity contribution in [1.29, 1.82) is 0 Å². The van der Waals surface area contributed by atoms with Crippen LogP contribution in [-0.2, 0) is 11.3 Å². The van der Waals surface area contributed by atoms with Crippen molar-refractivity contribution < 1.29 is 9.59 Å². The standard InChI is InChI=1S/C28H31N3O2/c1-3-20-5-7-21(8-6-20)17-30-14-12-22(13-15-30)23-9-10-25-24(16-23)18-31(28(25)33)26-11-4-19(2)29-27(26)32/h1,5,7,9-10,16,22,26H,2,4,6,8,11-15,17-18H2,(H,29,32). The van der Waals surface area contributed by atoms with Crippen molar-refractivity contribution in [2.45, 2.75) is 57.0 Å². The van der Waals surface area contributed by atoms with Gasteiger partial charge in [0.1, 0.15) is 6.04 Å². The van der Waals surface area contributed by atoms with E-state index in [4.69, 9.17) is 6.42 Å². The molecule has 1 N–H and O–H groups in total. The molecule has 0 radical (unpaired) electrons. The third kappa shape index (κ3) is 4.41. The number of carbonyl (C=O) groups excluding carboxylic acids is 2. The minimum Gasteiger partial charge on any atom is -0.329 e. The van der Waals surface area contributed by atoms with E-state index >= 15 is 0 Å². The lowest BCUT2D eigenvalue weighted by Gasteiger charge is -2.33. The highest BCUT2D eigenvalue weighted by Crippen LogP contribution is 2.34. The summed E-state index contributed by atoms with van der Waals surface area (Å²) in [6, 6.07) is 5.91. The largest absolute Gasteiger partial charge is 0.329 e. The molecule has 0 spiro atoms.